The van der Waals surface area contributed by atoms with Crippen LogP contribution in [0.4, 0.5) is 11.6 Å². The van der Waals surface area contributed by atoms with Gasteiger partial charge in [-0.2, -0.15) is 5.10 Å². The molecule has 44 heavy (non-hydrogen) atoms. The molecule has 4 heterocycles. The molecule has 2 aromatic carbocycles. The number of sulfone groups is 1. The smallest absolute Gasteiger partial charge is 0.264 e. The number of carbonyl (C=O) groups excluding carboxylic acids is 1. The molecular weight excluding hydrogens is 606 g/mol. The number of ether oxygens (including phenoxy) is 1. The molecular formula is C29H27N7O6S2. The number of amides is 1. The minimum absolute atomic E-state index is 0.0420. The molecule has 0 aliphatic carbocycles. The number of fused-ring (bicyclic) bond motifs is 1. The number of methoxy groups -OCH3 is 1. The van der Waals surface area contributed by atoms with Crippen molar-refractivity contribution >= 4 is 48.4 Å². The van der Waals surface area contributed by atoms with Gasteiger partial charge in [-0.1, -0.05) is 0 Å². The Morgan fingerprint density at radius 3 is 2.39 bits per heavy atom. The third kappa shape index (κ3) is 5.83. The van der Waals surface area contributed by atoms with E-state index in [-0.39, 0.29) is 27.9 Å². The Hall–Kier alpha value is -4.89. The van der Waals surface area contributed by atoms with E-state index < -0.39 is 31.8 Å². The molecule has 1 saturated heterocycles. The van der Waals surface area contributed by atoms with Crippen LogP contribution in [0.1, 0.15) is 28.5 Å². The molecule has 13 nitrogen and oxygen atoms in total. The van der Waals surface area contributed by atoms with Gasteiger partial charge in [0, 0.05) is 23.6 Å². The van der Waals surface area contributed by atoms with Gasteiger partial charge in [0.2, 0.25) is 5.95 Å². The first-order chi connectivity index (χ1) is 21.0. The van der Waals surface area contributed by atoms with Crippen molar-refractivity contribution in [2.45, 2.75) is 24.3 Å². The highest BCUT2D eigenvalue weighted by Crippen LogP contribution is 2.33. The molecule has 0 saturated carbocycles. The fourth-order valence-corrected chi connectivity index (χ4v) is 7.72. The first kappa shape index (κ1) is 29.2. The topological polar surface area (TPSA) is 175 Å². The minimum atomic E-state index is -3.96. The summed E-state index contributed by atoms with van der Waals surface area (Å²) in [6.07, 6.45) is 3.23. The predicted octanol–water partition coefficient (Wildman–Crippen LogP) is 3.62. The van der Waals surface area contributed by atoms with Crippen molar-refractivity contribution in [2.75, 3.05) is 28.7 Å². The number of carbonyl (C=O) groups is 1. The molecule has 15 heteroatoms. The summed E-state index contributed by atoms with van der Waals surface area (Å²) < 4.78 is 59.3. The zero-order chi connectivity index (χ0) is 31.1. The molecule has 0 bridgehead atoms. The van der Waals surface area contributed by atoms with E-state index in [0.29, 0.717) is 40.3 Å². The van der Waals surface area contributed by atoms with Crippen LogP contribution in [0, 0.1) is 6.92 Å². The van der Waals surface area contributed by atoms with E-state index in [9.17, 15) is 21.6 Å². The van der Waals surface area contributed by atoms with E-state index in [1.807, 2.05) is 12.1 Å². The van der Waals surface area contributed by atoms with Gasteiger partial charge in [0.15, 0.2) is 15.5 Å². The van der Waals surface area contributed by atoms with E-state index in [2.05, 4.69) is 25.1 Å². The normalized spacial score (nSPS) is 16.1. The SMILES string of the molecule is COc1ccc(-c2cc(C(=O)Nc3ccc(S(=O)(=O)Nc4ncccn4)cc3)c3c(C)nn(C4CCS(=O)(=O)C4)c3n2)cc1. The van der Waals surface area contributed by atoms with E-state index in [0.717, 1.165) is 5.56 Å². The average molecular weight is 634 g/mol. The number of nitrogens with one attached hydrogen (secondary N) is 2. The van der Waals surface area contributed by atoms with E-state index >= 15 is 0 Å². The minimum Gasteiger partial charge on any atom is -0.497 e. The van der Waals surface area contributed by atoms with Crippen molar-refractivity contribution < 1.29 is 26.4 Å². The van der Waals surface area contributed by atoms with Crippen molar-refractivity contribution in [2.24, 2.45) is 0 Å². The molecule has 1 aliphatic heterocycles. The number of anilines is 2. The maximum absolute atomic E-state index is 13.8. The first-order valence-corrected chi connectivity index (χ1v) is 16.8. The van der Waals surface area contributed by atoms with Gasteiger partial charge in [-0.15, -0.1) is 0 Å². The lowest BCUT2D eigenvalue weighted by Gasteiger charge is -2.13. The number of benzene rings is 2. The lowest BCUT2D eigenvalue weighted by atomic mass is 10.0. The number of aromatic nitrogens is 5. The highest BCUT2D eigenvalue weighted by molar-refractivity contribution is 7.92. The number of hydrogen-bond donors (Lipinski definition) is 2. The summed E-state index contributed by atoms with van der Waals surface area (Å²) in [7, 11) is -5.60. The molecule has 3 aromatic heterocycles. The number of nitrogens with zero attached hydrogens (tertiary/aromatic N) is 5. The van der Waals surface area contributed by atoms with Crippen LogP contribution < -0.4 is 14.8 Å². The Bertz CT molecular complexity index is 2080. The Labute approximate surface area is 253 Å². The van der Waals surface area contributed by atoms with Crippen LogP contribution in [0.15, 0.2) is 78.0 Å². The van der Waals surface area contributed by atoms with E-state index in [1.165, 1.54) is 36.7 Å². The van der Waals surface area contributed by atoms with Crippen LogP contribution in [0.3, 0.4) is 0 Å². The molecule has 1 unspecified atom stereocenters. The fourth-order valence-electron chi connectivity index (χ4n) is 5.07. The second-order valence-corrected chi connectivity index (χ2v) is 14.1. The Morgan fingerprint density at radius 1 is 1.05 bits per heavy atom. The van der Waals surface area contributed by atoms with Gasteiger partial charge >= 0.3 is 0 Å². The highest BCUT2D eigenvalue weighted by atomic mass is 32.2. The maximum Gasteiger partial charge on any atom is 0.264 e. The van der Waals surface area contributed by atoms with Crippen LogP contribution >= 0.6 is 0 Å². The van der Waals surface area contributed by atoms with Crippen LogP contribution in [0.5, 0.6) is 5.75 Å². The summed E-state index contributed by atoms with van der Waals surface area (Å²) in [6.45, 7) is 1.75. The molecule has 226 valence electrons. The summed E-state index contributed by atoms with van der Waals surface area (Å²) >= 11 is 0. The number of sulfonamides is 1. The van der Waals surface area contributed by atoms with Gasteiger partial charge in [0.25, 0.3) is 15.9 Å². The molecule has 0 spiro atoms. The molecule has 0 radical (unpaired) electrons. The molecule has 1 fully saturated rings. The maximum atomic E-state index is 13.8. The largest absolute Gasteiger partial charge is 0.497 e. The van der Waals surface area contributed by atoms with Gasteiger partial charge in [-0.3, -0.25) is 4.79 Å². The number of rotatable bonds is 8. The Morgan fingerprint density at radius 2 is 1.75 bits per heavy atom. The summed E-state index contributed by atoms with van der Waals surface area (Å²) in [6, 6.07) is 15.7. The predicted molar refractivity (Wildman–Crippen MR) is 164 cm³/mol. The summed E-state index contributed by atoms with van der Waals surface area (Å²) in [4.78, 5) is 26.3. The fraction of sp³-hybridized carbons (Fsp3) is 0.207. The zero-order valence-electron chi connectivity index (χ0n) is 23.6. The molecule has 6 rings (SSSR count). The van der Waals surface area contributed by atoms with Crippen molar-refractivity contribution in [3.63, 3.8) is 0 Å². The van der Waals surface area contributed by atoms with Crippen molar-refractivity contribution in [3.05, 3.63) is 84.3 Å². The van der Waals surface area contributed by atoms with Gasteiger partial charge < -0.3 is 10.1 Å². The molecule has 5 aromatic rings. The van der Waals surface area contributed by atoms with E-state index in [1.54, 1.807) is 43.0 Å². The van der Waals surface area contributed by atoms with Crippen LogP contribution in [-0.2, 0) is 19.9 Å². The monoisotopic (exact) mass is 633 g/mol. The average Bonchev–Trinajstić information content (AvgIpc) is 3.55. The van der Waals surface area contributed by atoms with Gasteiger partial charge in [-0.25, -0.2) is 41.2 Å². The zero-order valence-corrected chi connectivity index (χ0v) is 25.3. The van der Waals surface area contributed by atoms with Crippen molar-refractivity contribution in [1.82, 2.24) is 24.7 Å². The summed E-state index contributed by atoms with van der Waals surface area (Å²) in [5.74, 6) is 0.121. The number of aryl methyl sites for hydroxylation is 1. The standard InChI is InChI=1S/C29H27N7O6S2/c1-18-26-24(28(37)32-20-6-10-23(11-7-20)44(40,41)35-29-30-13-3-14-31-29)16-25(19-4-8-22(42-2)9-5-19)33-27(26)36(34-18)21-12-15-43(38,39)17-21/h3-11,13-14,16,21H,12,15,17H2,1-2H3,(H,32,37)(H,30,31,35). The number of pyridine rings is 1. The summed E-state index contributed by atoms with van der Waals surface area (Å²) in [5.41, 5.74) is 2.77. The van der Waals surface area contributed by atoms with Crippen molar-refractivity contribution in [1.29, 1.82) is 0 Å². The quantitative estimate of drug-likeness (QED) is 0.257. The van der Waals surface area contributed by atoms with Crippen LogP contribution in [0.2, 0.25) is 0 Å². The second-order valence-electron chi connectivity index (χ2n) is 10.2. The lowest BCUT2D eigenvalue weighted by Crippen LogP contribution is -2.16. The third-order valence-corrected chi connectivity index (χ3v) is 10.3. The molecule has 2 N–H and O–H groups in total. The van der Waals surface area contributed by atoms with Gasteiger partial charge in [-0.05, 0) is 74.0 Å². The Kier molecular flexibility index (Phi) is 7.51. The third-order valence-electron chi connectivity index (χ3n) is 7.24. The highest BCUT2D eigenvalue weighted by Gasteiger charge is 2.32. The van der Waals surface area contributed by atoms with E-state index in [4.69, 9.17) is 9.72 Å². The lowest BCUT2D eigenvalue weighted by molar-refractivity contribution is 0.102. The second kappa shape index (κ2) is 11.3. The van der Waals surface area contributed by atoms with Gasteiger partial charge in [0.1, 0.15) is 5.75 Å². The molecule has 1 amide bonds. The summed E-state index contributed by atoms with van der Waals surface area (Å²) in [5, 5.41) is 7.96. The van der Waals surface area contributed by atoms with Crippen LogP contribution in [-0.4, -0.2) is 66.1 Å². The molecule has 1 atom stereocenters. The number of hydrogen-bond acceptors (Lipinski definition) is 10. The van der Waals surface area contributed by atoms with Crippen LogP contribution in [0.25, 0.3) is 22.3 Å². The van der Waals surface area contributed by atoms with Crippen molar-refractivity contribution in [3.8, 4) is 17.0 Å². The van der Waals surface area contributed by atoms with Gasteiger partial charge in [0.05, 0.1) is 51.9 Å². The molecule has 1 aliphatic rings. The Balaban J connectivity index is 1.36. The first-order valence-electron chi connectivity index (χ1n) is 13.5.